The summed E-state index contributed by atoms with van der Waals surface area (Å²) in [5.41, 5.74) is 0. The molecule has 0 aliphatic rings. The monoisotopic (exact) mass is 123 g/mol. The highest BCUT2D eigenvalue weighted by Gasteiger charge is 1.87. The molecule has 0 fully saturated rings. The van der Waals surface area contributed by atoms with Crippen molar-refractivity contribution in [2.75, 3.05) is 0 Å². The number of nitrogens with one attached hydrogen (secondary N) is 1. The first-order chi connectivity index (χ1) is 4.43. The van der Waals surface area contributed by atoms with Crippen LogP contribution in [-0.4, -0.2) is 15.2 Å². The Kier molecular flexibility index (Phi) is 2.01. The lowest BCUT2D eigenvalue weighted by atomic mass is 10.4. The third-order valence-corrected chi connectivity index (χ3v) is 1.01. The average molecular weight is 123 g/mol. The molecular formula is C6H9N3. The normalized spacial score (nSPS) is 10.8. The minimum absolute atomic E-state index is 0.844. The molecule has 3 nitrogen and oxygen atoms in total. The van der Waals surface area contributed by atoms with E-state index in [4.69, 9.17) is 0 Å². The van der Waals surface area contributed by atoms with Gasteiger partial charge in [0, 0.05) is 6.42 Å². The number of hydrogen-bond acceptors (Lipinski definition) is 2. The zero-order valence-electron chi connectivity index (χ0n) is 5.33. The van der Waals surface area contributed by atoms with Crippen LogP contribution in [-0.2, 0) is 6.42 Å². The number of aromatic nitrogens is 3. The van der Waals surface area contributed by atoms with E-state index in [9.17, 15) is 0 Å². The van der Waals surface area contributed by atoms with E-state index in [0.29, 0.717) is 0 Å². The van der Waals surface area contributed by atoms with Gasteiger partial charge in [0.25, 0.3) is 0 Å². The highest BCUT2D eigenvalue weighted by molar-refractivity contribution is 4.91. The summed E-state index contributed by atoms with van der Waals surface area (Å²) in [5.74, 6) is 0.910. The van der Waals surface area contributed by atoms with Crippen molar-refractivity contribution in [3.63, 3.8) is 0 Å². The fraction of sp³-hybridized carbons (Fsp3) is 0.333. The van der Waals surface area contributed by atoms with E-state index >= 15 is 0 Å². The molecule has 0 aliphatic heterocycles. The Morgan fingerprint density at radius 1 is 1.78 bits per heavy atom. The van der Waals surface area contributed by atoms with Gasteiger partial charge in [-0.05, 0) is 6.92 Å². The molecule has 0 radical (unpaired) electrons. The second kappa shape index (κ2) is 3.02. The highest BCUT2D eigenvalue weighted by atomic mass is 15.2. The van der Waals surface area contributed by atoms with Crippen LogP contribution in [0.1, 0.15) is 12.7 Å². The Hall–Kier alpha value is -1.12. The summed E-state index contributed by atoms with van der Waals surface area (Å²) >= 11 is 0. The molecule has 1 N–H and O–H groups in total. The van der Waals surface area contributed by atoms with Gasteiger partial charge in [-0.1, -0.05) is 12.2 Å². The van der Waals surface area contributed by atoms with Gasteiger partial charge in [0.15, 0.2) is 0 Å². The molecule has 1 aromatic rings. The fourth-order valence-electron chi connectivity index (χ4n) is 0.559. The van der Waals surface area contributed by atoms with Crippen molar-refractivity contribution in [1.82, 2.24) is 15.2 Å². The van der Waals surface area contributed by atoms with Crippen LogP contribution >= 0.6 is 0 Å². The number of hydrogen-bond donors (Lipinski definition) is 1. The summed E-state index contributed by atoms with van der Waals surface area (Å²) in [6.07, 6.45) is 6.37. The second-order valence-electron chi connectivity index (χ2n) is 1.71. The molecule has 1 aromatic heterocycles. The van der Waals surface area contributed by atoms with Gasteiger partial charge in [-0.25, -0.2) is 4.98 Å². The van der Waals surface area contributed by atoms with Crippen LogP contribution in [0.2, 0.25) is 0 Å². The summed E-state index contributed by atoms with van der Waals surface area (Å²) in [7, 11) is 0. The quantitative estimate of drug-likeness (QED) is 0.594. The van der Waals surface area contributed by atoms with E-state index in [1.54, 1.807) is 0 Å². The SMILES string of the molecule is CC=CCc1ncn[nH]1. The van der Waals surface area contributed by atoms with E-state index in [-0.39, 0.29) is 0 Å². The maximum atomic E-state index is 3.94. The molecule has 0 unspecified atom stereocenters. The lowest BCUT2D eigenvalue weighted by Crippen LogP contribution is -1.82. The van der Waals surface area contributed by atoms with Crippen molar-refractivity contribution < 1.29 is 0 Å². The molecule has 9 heavy (non-hydrogen) atoms. The lowest BCUT2D eigenvalue weighted by Gasteiger charge is -1.82. The Morgan fingerprint density at radius 2 is 2.67 bits per heavy atom. The summed E-state index contributed by atoms with van der Waals surface area (Å²) < 4.78 is 0. The van der Waals surface area contributed by atoms with Crippen LogP contribution in [0.25, 0.3) is 0 Å². The highest BCUT2D eigenvalue weighted by Crippen LogP contribution is 1.87. The predicted octanol–water partition coefficient (Wildman–Crippen LogP) is 0.923. The van der Waals surface area contributed by atoms with Crippen LogP contribution in [0.15, 0.2) is 18.5 Å². The largest absolute Gasteiger partial charge is 0.263 e. The van der Waals surface area contributed by atoms with Crippen molar-refractivity contribution in [3.05, 3.63) is 24.3 Å². The van der Waals surface area contributed by atoms with Crippen LogP contribution in [0, 0.1) is 0 Å². The van der Waals surface area contributed by atoms with Crippen molar-refractivity contribution >= 4 is 0 Å². The lowest BCUT2D eigenvalue weighted by molar-refractivity contribution is 0.990. The summed E-state index contributed by atoms with van der Waals surface area (Å²) in [6.45, 7) is 1.98. The maximum Gasteiger partial charge on any atom is 0.137 e. The van der Waals surface area contributed by atoms with Crippen molar-refractivity contribution in [1.29, 1.82) is 0 Å². The standard InChI is InChI=1S/C6H9N3/c1-2-3-4-6-7-5-8-9-6/h2-3,5H,4H2,1H3,(H,7,8,9). The molecule has 0 aliphatic carbocycles. The fourth-order valence-corrected chi connectivity index (χ4v) is 0.559. The molecule has 0 amide bonds. The average Bonchev–Trinajstić information content (AvgIpc) is 2.34. The van der Waals surface area contributed by atoms with Crippen LogP contribution in [0.4, 0.5) is 0 Å². The Bertz CT molecular complexity index is 176. The Morgan fingerprint density at radius 3 is 3.22 bits per heavy atom. The van der Waals surface area contributed by atoms with Gasteiger partial charge in [-0.2, -0.15) is 5.10 Å². The minimum Gasteiger partial charge on any atom is -0.263 e. The number of H-pyrrole nitrogens is 1. The predicted molar refractivity (Wildman–Crippen MR) is 34.9 cm³/mol. The van der Waals surface area contributed by atoms with Gasteiger partial charge >= 0.3 is 0 Å². The van der Waals surface area contributed by atoms with Crippen molar-refractivity contribution in [2.45, 2.75) is 13.3 Å². The first kappa shape index (κ1) is 6.01. The summed E-state index contributed by atoms with van der Waals surface area (Å²) in [6, 6.07) is 0. The van der Waals surface area contributed by atoms with E-state index < -0.39 is 0 Å². The third kappa shape index (κ3) is 1.68. The molecule has 1 heterocycles. The zero-order chi connectivity index (χ0) is 6.53. The molecule has 0 saturated heterocycles. The smallest absolute Gasteiger partial charge is 0.137 e. The first-order valence-corrected chi connectivity index (χ1v) is 2.89. The van der Waals surface area contributed by atoms with Gasteiger partial charge < -0.3 is 0 Å². The second-order valence-corrected chi connectivity index (χ2v) is 1.71. The van der Waals surface area contributed by atoms with Crippen LogP contribution in [0.5, 0.6) is 0 Å². The maximum absolute atomic E-state index is 3.94. The van der Waals surface area contributed by atoms with E-state index in [2.05, 4.69) is 15.2 Å². The Labute approximate surface area is 53.8 Å². The van der Waals surface area contributed by atoms with Gasteiger partial charge in [0.2, 0.25) is 0 Å². The molecule has 0 spiro atoms. The topological polar surface area (TPSA) is 41.6 Å². The zero-order valence-corrected chi connectivity index (χ0v) is 5.33. The van der Waals surface area contributed by atoms with Crippen molar-refractivity contribution in [3.8, 4) is 0 Å². The number of allylic oxidation sites excluding steroid dienone is 2. The molecular weight excluding hydrogens is 114 g/mol. The van der Waals surface area contributed by atoms with E-state index in [0.717, 1.165) is 12.2 Å². The van der Waals surface area contributed by atoms with Gasteiger partial charge in [-0.3, -0.25) is 5.10 Å². The Balaban J connectivity index is 2.48. The molecule has 0 aromatic carbocycles. The van der Waals surface area contributed by atoms with Gasteiger partial charge in [0.05, 0.1) is 0 Å². The summed E-state index contributed by atoms with van der Waals surface area (Å²) in [5, 5.41) is 6.46. The third-order valence-electron chi connectivity index (χ3n) is 1.01. The molecule has 1 rings (SSSR count). The van der Waals surface area contributed by atoms with Gasteiger partial charge in [-0.15, -0.1) is 0 Å². The van der Waals surface area contributed by atoms with Crippen LogP contribution in [0.3, 0.4) is 0 Å². The van der Waals surface area contributed by atoms with Crippen molar-refractivity contribution in [2.24, 2.45) is 0 Å². The molecule has 0 bridgehead atoms. The van der Waals surface area contributed by atoms with E-state index in [1.165, 1.54) is 6.33 Å². The number of aromatic amines is 1. The minimum atomic E-state index is 0.844. The van der Waals surface area contributed by atoms with E-state index in [1.807, 2.05) is 19.1 Å². The summed E-state index contributed by atoms with van der Waals surface area (Å²) in [4.78, 5) is 3.94. The number of rotatable bonds is 2. The van der Waals surface area contributed by atoms with Gasteiger partial charge in [0.1, 0.15) is 12.2 Å². The molecule has 48 valence electrons. The van der Waals surface area contributed by atoms with Crippen LogP contribution < -0.4 is 0 Å². The molecule has 0 saturated carbocycles. The first-order valence-electron chi connectivity index (χ1n) is 2.89. The molecule has 3 heteroatoms. The molecule has 0 atom stereocenters. The number of nitrogens with zero attached hydrogens (tertiary/aromatic N) is 2.